The van der Waals surface area contributed by atoms with Crippen molar-refractivity contribution in [2.45, 2.75) is 32.9 Å². The third-order valence-corrected chi connectivity index (χ3v) is 5.29. The molecule has 1 unspecified atom stereocenters. The van der Waals surface area contributed by atoms with Gasteiger partial charge in [0, 0.05) is 30.1 Å². The lowest BCUT2D eigenvalue weighted by Gasteiger charge is -2.13. The molecular formula is C19H25N3O3S. The van der Waals surface area contributed by atoms with E-state index in [0.717, 1.165) is 28.2 Å². The van der Waals surface area contributed by atoms with Crippen LogP contribution in [-0.4, -0.2) is 32.5 Å². The molecule has 1 heterocycles. The van der Waals surface area contributed by atoms with Gasteiger partial charge in [-0.1, -0.05) is 19.1 Å². The number of aliphatic carboxylic acids is 1. The number of nitrogens with one attached hydrogen (secondary N) is 1. The molecular weight excluding hydrogens is 350 g/mol. The van der Waals surface area contributed by atoms with Gasteiger partial charge >= 0.3 is 5.97 Å². The maximum Gasteiger partial charge on any atom is 0.313 e. The van der Waals surface area contributed by atoms with E-state index in [4.69, 9.17) is 5.11 Å². The van der Waals surface area contributed by atoms with Gasteiger partial charge in [0.15, 0.2) is 0 Å². The summed E-state index contributed by atoms with van der Waals surface area (Å²) in [5.74, 6) is -0.379. The summed E-state index contributed by atoms with van der Waals surface area (Å²) in [7, 11) is 1.91. The molecule has 1 aromatic carbocycles. The summed E-state index contributed by atoms with van der Waals surface area (Å²) in [5, 5.41) is 16.1. The Kier molecular flexibility index (Phi) is 6.85. The lowest BCUT2D eigenvalue weighted by Crippen LogP contribution is -2.22. The maximum atomic E-state index is 12.5. The number of carboxylic acids is 1. The second kappa shape index (κ2) is 8.89. The van der Waals surface area contributed by atoms with Gasteiger partial charge < -0.3 is 10.4 Å². The highest BCUT2D eigenvalue weighted by molar-refractivity contribution is 7.99. The molecule has 0 aliphatic carbocycles. The van der Waals surface area contributed by atoms with Crippen LogP contribution in [0.25, 0.3) is 0 Å². The second-order valence-corrected chi connectivity index (χ2v) is 7.44. The van der Waals surface area contributed by atoms with Crippen LogP contribution in [0.1, 0.15) is 29.4 Å². The average molecular weight is 375 g/mol. The lowest BCUT2D eigenvalue weighted by atomic mass is 9.98. The number of carbonyl (C=O) groups is 2. The predicted octanol–water partition coefficient (Wildman–Crippen LogP) is 3.17. The van der Waals surface area contributed by atoms with Crippen molar-refractivity contribution >= 4 is 29.3 Å². The van der Waals surface area contributed by atoms with Crippen LogP contribution in [0.15, 0.2) is 24.3 Å². The number of hydrogen-bond donors (Lipinski definition) is 2. The zero-order chi connectivity index (χ0) is 19.3. The molecule has 2 aromatic rings. The third kappa shape index (κ3) is 5.36. The molecule has 0 spiro atoms. The van der Waals surface area contributed by atoms with Crippen molar-refractivity contribution in [3.05, 3.63) is 46.8 Å². The van der Waals surface area contributed by atoms with Gasteiger partial charge in [0.05, 0.1) is 11.4 Å². The number of aromatic nitrogens is 2. The first kappa shape index (κ1) is 20.0. The van der Waals surface area contributed by atoms with Crippen LogP contribution in [0, 0.1) is 19.8 Å². The molecule has 6 nitrogen and oxygen atoms in total. The van der Waals surface area contributed by atoms with Crippen molar-refractivity contribution < 1.29 is 14.7 Å². The van der Waals surface area contributed by atoms with E-state index in [1.165, 1.54) is 11.8 Å². The summed E-state index contributed by atoms with van der Waals surface area (Å²) in [6.07, 6.45) is 0.644. The highest BCUT2D eigenvalue weighted by Gasteiger charge is 2.18. The summed E-state index contributed by atoms with van der Waals surface area (Å²) in [6, 6.07) is 7.53. The molecule has 0 saturated heterocycles. The van der Waals surface area contributed by atoms with Crippen molar-refractivity contribution in [1.29, 1.82) is 0 Å². The van der Waals surface area contributed by atoms with Crippen molar-refractivity contribution in [3.8, 4) is 0 Å². The van der Waals surface area contributed by atoms with E-state index in [0.29, 0.717) is 12.2 Å². The molecule has 26 heavy (non-hydrogen) atoms. The number of carbonyl (C=O) groups excluding carboxylic acids is 1. The van der Waals surface area contributed by atoms with Gasteiger partial charge in [-0.05, 0) is 43.5 Å². The summed E-state index contributed by atoms with van der Waals surface area (Å²) in [6.45, 7) is 5.89. The van der Waals surface area contributed by atoms with Gasteiger partial charge in [0.25, 0.3) is 0 Å². The minimum Gasteiger partial charge on any atom is -0.481 e. The van der Waals surface area contributed by atoms with E-state index < -0.39 is 5.97 Å². The van der Waals surface area contributed by atoms with E-state index in [1.54, 1.807) is 0 Å². The van der Waals surface area contributed by atoms with Crippen LogP contribution in [0.3, 0.4) is 0 Å². The van der Waals surface area contributed by atoms with Crippen molar-refractivity contribution in [1.82, 2.24) is 9.78 Å². The van der Waals surface area contributed by atoms with Crippen LogP contribution in [-0.2, 0) is 28.8 Å². The van der Waals surface area contributed by atoms with Crippen molar-refractivity contribution in [2.75, 3.05) is 11.1 Å². The molecule has 0 bridgehead atoms. The first-order valence-electron chi connectivity index (χ1n) is 8.46. The zero-order valence-electron chi connectivity index (χ0n) is 15.6. The van der Waals surface area contributed by atoms with E-state index in [1.807, 2.05) is 56.8 Å². The molecule has 0 aliphatic heterocycles. The minimum absolute atomic E-state index is 0.0389. The summed E-state index contributed by atoms with van der Waals surface area (Å²) >= 11 is 1.33. The van der Waals surface area contributed by atoms with Crippen LogP contribution in [0.2, 0.25) is 0 Å². The van der Waals surface area contributed by atoms with Crippen molar-refractivity contribution in [3.63, 3.8) is 0 Å². The van der Waals surface area contributed by atoms with E-state index in [2.05, 4.69) is 10.4 Å². The normalized spacial score (nSPS) is 12.0. The van der Waals surface area contributed by atoms with Gasteiger partial charge in [-0.2, -0.15) is 5.10 Å². The predicted molar refractivity (Wildman–Crippen MR) is 104 cm³/mol. The number of nitrogens with zero attached hydrogens (tertiary/aromatic N) is 2. The standard InChI is InChI=1S/C19H25N3O3S/c1-12(8-17-13(2)21-22(4)14(17)3)19(25)20-16-7-5-6-15(9-16)10-26-11-18(23)24/h5-7,9,12H,8,10-11H2,1-4H3,(H,20,25)(H,23,24). The van der Waals surface area contributed by atoms with Crippen LogP contribution < -0.4 is 5.32 Å². The molecule has 2 N–H and O–H groups in total. The molecule has 7 heteroatoms. The number of amides is 1. The number of carboxylic acid groups (broad SMARTS) is 1. The summed E-state index contributed by atoms with van der Waals surface area (Å²) < 4.78 is 1.84. The Balaban J connectivity index is 1.97. The molecule has 0 saturated carbocycles. The molecule has 0 radical (unpaired) electrons. The fourth-order valence-corrected chi connectivity index (χ4v) is 3.46. The number of hydrogen-bond acceptors (Lipinski definition) is 4. The lowest BCUT2D eigenvalue weighted by molar-refractivity contribution is -0.133. The third-order valence-electron chi connectivity index (χ3n) is 4.31. The monoisotopic (exact) mass is 375 g/mol. The van der Waals surface area contributed by atoms with Crippen LogP contribution >= 0.6 is 11.8 Å². The average Bonchev–Trinajstić information content (AvgIpc) is 2.81. The highest BCUT2D eigenvalue weighted by Crippen LogP contribution is 2.20. The van der Waals surface area contributed by atoms with Gasteiger partial charge in [0.1, 0.15) is 0 Å². The molecule has 2 rings (SSSR count). The quantitative estimate of drug-likeness (QED) is 0.740. The summed E-state index contributed by atoms with van der Waals surface area (Å²) in [5.41, 5.74) is 4.88. The molecule has 140 valence electrons. The van der Waals surface area contributed by atoms with E-state index >= 15 is 0 Å². The number of aryl methyl sites for hydroxylation is 2. The Morgan fingerprint density at radius 1 is 1.35 bits per heavy atom. The topological polar surface area (TPSA) is 84.2 Å². The van der Waals surface area contributed by atoms with Crippen LogP contribution in [0.4, 0.5) is 5.69 Å². The smallest absolute Gasteiger partial charge is 0.313 e. The molecule has 0 fully saturated rings. The number of rotatable bonds is 8. The fraction of sp³-hybridized carbons (Fsp3) is 0.421. The van der Waals surface area contributed by atoms with Crippen molar-refractivity contribution in [2.24, 2.45) is 13.0 Å². The Bertz CT molecular complexity index is 801. The van der Waals surface area contributed by atoms with Gasteiger partial charge in [-0.3, -0.25) is 14.3 Å². The molecule has 1 atom stereocenters. The van der Waals surface area contributed by atoms with Gasteiger partial charge in [0.2, 0.25) is 5.91 Å². The van der Waals surface area contributed by atoms with Gasteiger partial charge in [-0.15, -0.1) is 11.8 Å². The number of anilines is 1. The van der Waals surface area contributed by atoms with Gasteiger partial charge in [-0.25, -0.2) is 0 Å². The minimum atomic E-state index is -0.825. The number of benzene rings is 1. The summed E-state index contributed by atoms with van der Waals surface area (Å²) in [4.78, 5) is 23.1. The molecule has 1 aromatic heterocycles. The fourth-order valence-electron chi connectivity index (χ4n) is 2.77. The van der Waals surface area contributed by atoms with Crippen LogP contribution in [0.5, 0.6) is 0 Å². The molecule has 0 aliphatic rings. The zero-order valence-corrected chi connectivity index (χ0v) is 16.4. The largest absolute Gasteiger partial charge is 0.481 e. The van der Waals surface area contributed by atoms with E-state index in [9.17, 15) is 9.59 Å². The second-order valence-electron chi connectivity index (χ2n) is 6.45. The maximum absolute atomic E-state index is 12.5. The Hall–Kier alpha value is -2.28. The first-order valence-corrected chi connectivity index (χ1v) is 9.61. The first-order chi connectivity index (χ1) is 12.3. The highest BCUT2D eigenvalue weighted by atomic mass is 32.2. The number of thioether (sulfide) groups is 1. The molecule has 1 amide bonds. The SMILES string of the molecule is Cc1nn(C)c(C)c1CC(C)C(=O)Nc1cccc(CSCC(=O)O)c1. The Morgan fingerprint density at radius 3 is 2.69 bits per heavy atom. The Morgan fingerprint density at radius 2 is 2.08 bits per heavy atom. The Labute approximate surface area is 158 Å². The van der Waals surface area contributed by atoms with E-state index in [-0.39, 0.29) is 17.6 Å².